The van der Waals surface area contributed by atoms with Crippen LogP contribution in [0.15, 0.2) is 0 Å². The Bertz CT molecular complexity index is 32.7. The van der Waals surface area contributed by atoms with Gasteiger partial charge in [0.25, 0.3) is 0 Å². The molecule has 4 heteroatoms. The van der Waals surface area contributed by atoms with Crippen LogP contribution in [0.1, 0.15) is 0 Å². The van der Waals surface area contributed by atoms with Crippen LogP contribution in [0.2, 0.25) is 0 Å². The summed E-state index contributed by atoms with van der Waals surface area (Å²) in [6, 6.07) is 0. The van der Waals surface area contributed by atoms with Crippen LogP contribution >= 0.6 is 44.1 Å². The van der Waals surface area contributed by atoms with Gasteiger partial charge in [0.2, 0.25) is 0 Å². The van der Waals surface area contributed by atoms with Crippen LogP contribution < -0.4 is 0 Å². The van der Waals surface area contributed by atoms with Gasteiger partial charge >= 0.3 is 54.0 Å². The van der Waals surface area contributed by atoms with Gasteiger partial charge in [0.1, 0.15) is 0 Å². The molecule has 0 bridgehead atoms. The summed E-state index contributed by atoms with van der Waals surface area (Å²) in [6.45, 7) is 0. The molecule has 0 N–H and O–H groups in total. The first-order valence-electron chi connectivity index (χ1n) is 1.38. The van der Waals surface area contributed by atoms with Gasteiger partial charge in [-0.25, -0.2) is 0 Å². The van der Waals surface area contributed by atoms with Crippen molar-refractivity contribution in [1.82, 2.24) is 0 Å². The third-order valence-electron chi connectivity index (χ3n) is 0.199. The molecular formula is C2H9IP2S. The summed E-state index contributed by atoms with van der Waals surface area (Å²) in [5.41, 5.74) is 1.21. The maximum absolute atomic E-state index is 2.69. The van der Waals surface area contributed by atoms with Gasteiger partial charge in [0.15, 0.2) is 0 Å². The number of rotatable bonds is 2. The van der Waals surface area contributed by atoms with E-state index in [1.165, 1.54) is 5.43 Å². The zero-order valence-corrected chi connectivity index (χ0v) is 8.99. The third-order valence-corrected chi connectivity index (χ3v) is 17.4. The Kier molecular flexibility index (Phi) is 6.73. The fraction of sp³-hybridized carbons (Fsp3) is 1.00. The quantitative estimate of drug-likeness (QED) is 0.415. The average Bonchev–Trinajstić information content (AvgIpc) is 1.35. The van der Waals surface area contributed by atoms with E-state index in [1.54, 1.807) is 0 Å². The van der Waals surface area contributed by atoms with Crippen molar-refractivity contribution in [2.45, 2.75) is 0 Å². The van der Waals surface area contributed by atoms with Gasteiger partial charge in [-0.15, -0.1) is 0 Å². The predicted octanol–water partition coefficient (Wildman–Crippen LogP) is 2.78. The van der Waals surface area contributed by atoms with Crippen molar-refractivity contribution in [3.8, 4) is 0 Å². The minimum atomic E-state index is -0.337. The van der Waals surface area contributed by atoms with Crippen LogP contribution in [0.4, 0.5) is 0 Å². The van der Waals surface area contributed by atoms with Crippen LogP contribution in [-0.2, 0) is 0 Å². The number of halogens is 1. The summed E-state index contributed by atoms with van der Waals surface area (Å²) >= 11 is 1.59. The normalized spacial score (nSPS) is 13.5. The van der Waals surface area contributed by atoms with E-state index >= 15 is 0 Å². The Morgan fingerprint density at radius 1 is 1.67 bits per heavy atom. The fourth-order valence-electron chi connectivity index (χ4n) is 0.0891. The molecule has 2 atom stereocenters. The van der Waals surface area contributed by atoms with E-state index in [2.05, 4.69) is 18.3 Å². The number of alkyl halides is 2. The molecule has 2 unspecified atom stereocenters. The molecule has 0 saturated heterocycles. The predicted molar refractivity (Wildman–Crippen MR) is 51.5 cm³/mol. The molecule has 0 radical (unpaired) electrons. The Morgan fingerprint density at radius 3 is 2.17 bits per heavy atom. The summed E-state index contributed by atoms with van der Waals surface area (Å²) in [7, 11) is 2.69. The van der Waals surface area contributed by atoms with Crippen LogP contribution in [-0.4, -0.2) is 9.86 Å². The van der Waals surface area contributed by atoms with Crippen molar-refractivity contribution in [1.29, 1.82) is 0 Å². The summed E-state index contributed by atoms with van der Waals surface area (Å²) < 4.78 is 0. The first-order chi connectivity index (χ1) is 2.77. The zero-order chi connectivity index (χ0) is 4.99. The van der Waals surface area contributed by atoms with Gasteiger partial charge in [-0.3, -0.25) is 0 Å². The topological polar surface area (TPSA) is 0 Å². The molecule has 0 amide bonds. The third kappa shape index (κ3) is 5.94. The Hall–Kier alpha value is 1.94. The second-order valence-electron chi connectivity index (χ2n) is 0.951. The van der Waals surface area contributed by atoms with E-state index in [1.807, 2.05) is 11.0 Å². The Balaban J connectivity index is 2.63. The second kappa shape index (κ2) is 5.08. The SMILES string of the molecule is CI(C)PSP. The van der Waals surface area contributed by atoms with Crippen LogP contribution in [0, 0.1) is 0 Å². The molecule has 0 aromatic carbocycles. The first kappa shape index (κ1) is 7.94. The van der Waals surface area contributed by atoms with E-state index in [9.17, 15) is 0 Å². The van der Waals surface area contributed by atoms with E-state index in [4.69, 9.17) is 0 Å². The fourth-order valence-corrected chi connectivity index (χ4v) is 16.1. The molecular weight excluding hydrogens is 245 g/mol. The standard InChI is InChI=1S/C2H9IP2S/c1-3(2)5-6-4/h5H,4H2,1-2H3. The molecule has 0 aliphatic carbocycles. The van der Waals surface area contributed by atoms with Gasteiger partial charge in [0.05, 0.1) is 0 Å². The molecule has 0 rings (SSSR count). The van der Waals surface area contributed by atoms with Crippen molar-refractivity contribution in [2.24, 2.45) is 0 Å². The first-order valence-corrected chi connectivity index (χ1v) is 12.8. The molecule has 40 valence electrons. The number of hydrogen-bond donors (Lipinski definition) is 0. The molecule has 0 aliphatic rings. The molecule has 0 aromatic heterocycles. The van der Waals surface area contributed by atoms with Crippen LogP contribution in [0.3, 0.4) is 0 Å². The van der Waals surface area contributed by atoms with Gasteiger partial charge in [-0.05, 0) is 0 Å². The molecule has 0 saturated carbocycles. The monoisotopic (exact) mass is 254 g/mol. The molecule has 0 fully saturated rings. The van der Waals surface area contributed by atoms with E-state index in [0.717, 1.165) is 0 Å². The Morgan fingerprint density at radius 2 is 2.17 bits per heavy atom. The second-order valence-corrected chi connectivity index (χ2v) is 18.0. The van der Waals surface area contributed by atoms with Gasteiger partial charge in [-0.1, -0.05) is 0 Å². The average molecular weight is 254 g/mol. The molecule has 0 nitrogen and oxygen atoms in total. The van der Waals surface area contributed by atoms with Crippen LogP contribution in [0.25, 0.3) is 0 Å². The van der Waals surface area contributed by atoms with E-state index in [-0.39, 0.29) is 19.3 Å². The summed E-state index contributed by atoms with van der Waals surface area (Å²) in [4.78, 5) is 4.78. The molecule has 0 aromatic rings. The summed E-state index contributed by atoms with van der Waals surface area (Å²) in [6.07, 6.45) is 0. The minimum absolute atomic E-state index is 0.337. The van der Waals surface area contributed by atoms with Crippen molar-refractivity contribution in [3.05, 3.63) is 0 Å². The summed E-state index contributed by atoms with van der Waals surface area (Å²) in [5.74, 6) is 0. The van der Waals surface area contributed by atoms with Crippen molar-refractivity contribution in [3.63, 3.8) is 0 Å². The maximum atomic E-state index is 2.69. The van der Waals surface area contributed by atoms with Crippen LogP contribution in [0.5, 0.6) is 0 Å². The van der Waals surface area contributed by atoms with Crippen molar-refractivity contribution in [2.75, 3.05) is 9.86 Å². The Labute approximate surface area is 53.8 Å². The molecule has 6 heavy (non-hydrogen) atoms. The zero-order valence-electron chi connectivity index (χ0n) is 3.86. The summed E-state index contributed by atoms with van der Waals surface area (Å²) in [5, 5.41) is 0. The molecule has 0 heterocycles. The van der Waals surface area contributed by atoms with Gasteiger partial charge in [-0.2, -0.15) is 0 Å². The van der Waals surface area contributed by atoms with Gasteiger partial charge < -0.3 is 0 Å². The van der Waals surface area contributed by atoms with E-state index in [0.29, 0.717) is 0 Å². The van der Waals surface area contributed by atoms with Gasteiger partial charge in [0, 0.05) is 0 Å². The van der Waals surface area contributed by atoms with Crippen molar-refractivity contribution < 1.29 is 0 Å². The van der Waals surface area contributed by atoms with Crippen molar-refractivity contribution >= 4 is 44.1 Å². The number of hydrogen-bond acceptors (Lipinski definition) is 1. The molecule has 0 spiro atoms. The van der Waals surface area contributed by atoms with E-state index < -0.39 is 0 Å². The molecule has 0 aliphatic heterocycles.